The Labute approximate surface area is 204 Å². The third kappa shape index (κ3) is 4.40. The second-order valence-electron chi connectivity index (χ2n) is 8.85. The molecule has 0 bridgehead atoms. The molecule has 0 spiro atoms. The molecule has 0 unspecified atom stereocenters. The summed E-state index contributed by atoms with van der Waals surface area (Å²) in [5.41, 5.74) is 3.86. The topological polar surface area (TPSA) is 56.8 Å². The van der Waals surface area contributed by atoms with Crippen molar-refractivity contribution in [1.82, 2.24) is 9.88 Å². The fourth-order valence-electron chi connectivity index (χ4n) is 4.72. The number of anilines is 2. The van der Waals surface area contributed by atoms with E-state index in [2.05, 4.69) is 48.0 Å². The number of pyridine rings is 1. The predicted molar refractivity (Wildman–Crippen MR) is 136 cm³/mol. The molecule has 6 nitrogen and oxygen atoms in total. The Kier molecular flexibility index (Phi) is 6.28. The summed E-state index contributed by atoms with van der Waals surface area (Å²) in [7, 11) is 0. The van der Waals surface area contributed by atoms with E-state index in [4.69, 9.17) is 0 Å². The average molecular weight is 473 g/mol. The zero-order valence-corrected chi connectivity index (χ0v) is 20.3. The third-order valence-electron chi connectivity index (χ3n) is 6.47. The summed E-state index contributed by atoms with van der Waals surface area (Å²) in [6.07, 6.45) is 2.00. The number of hydrogen-bond acceptors (Lipinski definition) is 5. The number of rotatable bonds is 4. The lowest BCUT2D eigenvalue weighted by Crippen LogP contribution is -2.54. The van der Waals surface area contributed by atoms with Crippen LogP contribution in [0.5, 0.6) is 0 Å². The molecule has 0 N–H and O–H groups in total. The van der Waals surface area contributed by atoms with Gasteiger partial charge >= 0.3 is 0 Å². The first-order chi connectivity index (χ1) is 16.5. The molecule has 0 aliphatic carbocycles. The summed E-state index contributed by atoms with van der Waals surface area (Å²) < 4.78 is 0. The Morgan fingerprint density at radius 3 is 2.76 bits per heavy atom. The highest BCUT2D eigenvalue weighted by Crippen LogP contribution is 2.40. The number of aryl methyl sites for hydroxylation is 1. The van der Waals surface area contributed by atoms with Gasteiger partial charge in [-0.25, -0.2) is 4.98 Å². The van der Waals surface area contributed by atoms with Crippen LogP contribution >= 0.6 is 11.8 Å². The van der Waals surface area contributed by atoms with Crippen molar-refractivity contribution < 1.29 is 9.59 Å². The van der Waals surface area contributed by atoms with Crippen molar-refractivity contribution in [1.29, 1.82) is 0 Å². The van der Waals surface area contributed by atoms with Gasteiger partial charge in [0, 0.05) is 55.4 Å². The van der Waals surface area contributed by atoms with E-state index in [0.29, 0.717) is 30.2 Å². The van der Waals surface area contributed by atoms with Crippen LogP contribution in [0, 0.1) is 6.92 Å². The molecule has 3 aromatic rings. The number of carbonyl (C=O) groups is 2. The first-order valence-electron chi connectivity index (χ1n) is 11.7. The highest BCUT2D eigenvalue weighted by Gasteiger charge is 2.30. The fourth-order valence-corrected chi connectivity index (χ4v) is 5.74. The molecule has 2 aliphatic heterocycles. The molecule has 0 saturated carbocycles. The lowest BCUT2D eigenvalue weighted by molar-refractivity contribution is -0.131. The Morgan fingerprint density at radius 2 is 1.94 bits per heavy atom. The van der Waals surface area contributed by atoms with Crippen LogP contribution in [-0.4, -0.2) is 53.9 Å². The van der Waals surface area contributed by atoms with E-state index < -0.39 is 0 Å². The number of fused-ring (bicyclic) bond motifs is 2. The smallest absolute Gasteiger partial charge is 0.261 e. The number of carbonyl (C=O) groups excluding carboxylic acids is 2. The van der Waals surface area contributed by atoms with Crippen LogP contribution in [0.2, 0.25) is 0 Å². The first-order valence-corrected chi connectivity index (χ1v) is 12.5. The standard InChI is InChI=1S/C27H28N4O2S/c1-19-7-5-8-21(17-19)30-16-15-29(18-20(30)2)25(32)12-14-31-23-10-3-4-11-24(23)34-26-22(27(31)33)9-6-13-28-26/h3-11,13,17,20H,12,14-16,18H2,1-2H3/t20-/m0/s1. The largest absolute Gasteiger partial charge is 0.365 e. The summed E-state index contributed by atoms with van der Waals surface area (Å²) >= 11 is 1.50. The monoisotopic (exact) mass is 472 g/mol. The average Bonchev–Trinajstić information content (AvgIpc) is 2.96. The van der Waals surface area contributed by atoms with Gasteiger partial charge in [0.1, 0.15) is 5.03 Å². The Bertz CT molecular complexity index is 1230. The maximum absolute atomic E-state index is 13.4. The molecule has 1 saturated heterocycles. The van der Waals surface area contributed by atoms with Gasteiger partial charge in [-0.15, -0.1) is 0 Å². The first kappa shape index (κ1) is 22.5. The van der Waals surface area contributed by atoms with Crippen LogP contribution in [-0.2, 0) is 4.79 Å². The number of para-hydroxylation sites is 1. The van der Waals surface area contributed by atoms with E-state index in [1.54, 1.807) is 17.2 Å². The number of nitrogens with zero attached hydrogens (tertiary/aromatic N) is 4. The maximum Gasteiger partial charge on any atom is 0.261 e. The molecule has 2 aliphatic rings. The second-order valence-corrected chi connectivity index (χ2v) is 9.88. The molecule has 1 fully saturated rings. The fraction of sp³-hybridized carbons (Fsp3) is 0.296. The summed E-state index contributed by atoms with van der Waals surface area (Å²) in [5.74, 6) is -0.0182. The molecular weight excluding hydrogens is 444 g/mol. The van der Waals surface area contributed by atoms with E-state index in [1.807, 2.05) is 35.2 Å². The van der Waals surface area contributed by atoms with Gasteiger partial charge in [-0.3, -0.25) is 9.59 Å². The minimum Gasteiger partial charge on any atom is -0.365 e. The zero-order valence-electron chi connectivity index (χ0n) is 19.5. The minimum absolute atomic E-state index is 0.0873. The van der Waals surface area contributed by atoms with Crippen molar-refractivity contribution in [2.75, 3.05) is 36.0 Å². The molecular formula is C27H28N4O2S. The van der Waals surface area contributed by atoms with Crippen LogP contribution in [0.25, 0.3) is 0 Å². The number of aromatic nitrogens is 1. The Balaban J connectivity index is 1.28. The molecule has 2 aromatic carbocycles. The minimum atomic E-state index is -0.106. The molecule has 34 heavy (non-hydrogen) atoms. The van der Waals surface area contributed by atoms with Gasteiger partial charge in [-0.2, -0.15) is 0 Å². The normalized spacial score (nSPS) is 17.8. The number of piperazine rings is 1. The molecule has 1 aromatic heterocycles. The van der Waals surface area contributed by atoms with Gasteiger partial charge in [0.15, 0.2) is 0 Å². The highest BCUT2D eigenvalue weighted by atomic mass is 32.2. The van der Waals surface area contributed by atoms with E-state index in [9.17, 15) is 9.59 Å². The summed E-state index contributed by atoms with van der Waals surface area (Å²) in [6, 6.07) is 20.2. The highest BCUT2D eigenvalue weighted by molar-refractivity contribution is 7.99. The van der Waals surface area contributed by atoms with Crippen molar-refractivity contribution in [2.45, 2.75) is 36.2 Å². The quantitative estimate of drug-likeness (QED) is 0.554. The third-order valence-corrected chi connectivity index (χ3v) is 7.56. The number of benzene rings is 2. The van der Waals surface area contributed by atoms with Crippen molar-refractivity contribution in [2.24, 2.45) is 0 Å². The molecule has 3 heterocycles. The van der Waals surface area contributed by atoms with E-state index >= 15 is 0 Å². The van der Waals surface area contributed by atoms with E-state index in [0.717, 1.165) is 17.1 Å². The number of hydrogen-bond donors (Lipinski definition) is 0. The van der Waals surface area contributed by atoms with Gasteiger partial charge in [-0.05, 0) is 55.8 Å². The van der Waals surface area contributed by atoms with E-state index in [-0.39, 0.29) is 24.3 Å². The van der Waals surface area contributed by atoms with E-state index in [1.165, 1.54) is 23.0 Å². The van der Waals surface area contributed by atoms with Gasteiger partial charge in [0.2, 0.25) is 5.91 Å². The van der Waals surface area contributed by atoms with Crippen LogP contribution in [0.3, 0.4) is 0 Å². The molecule has 1 atom stereocenters. The zero-order chi connectivity index (χ0) is 23.7. The van der Waals surface area contributed by atoms with Gasteiger partial charge in [0.25, 0.3) is 5.91 Å². The lowest BCUT2D eigenvalue weighted by atomic mass is 10.1. The van der Waals surface area contributed by atoms with Gasteiger partial charge in [0.05, 0.1) is 11.3 Å². The van der Waals surface area contributed by atoms with Crippen molar-refractivity contribution in [3.8, 4) is 0 Å². The summed E-state index contributed by atoms with van der Waals surface area (Å²) in [4.78, 5) is 38.0. The van der Waals surface area contributed by atoms with Gasteiger partial charge < -0.3 is 14.7 Å². The van der Waals surface area contributed by atoms with Crippen molar-refractivity contribution in [3.63, 3.8) is 0 Å². The molecule has 2 amide bonds. The van der Waals surface area contributed by atoms with Crippen LogP contribution in [0.1, 0.15) is 29.3 Å². The van der Waals surface area contributed by atoms with Crippen molar-refractivity contribution >= 4 is 35.0 Å². The molecule has 7 heteroatoms. The number of amides is 2. The predicted octanol–water partition coefficient (Wildman–Crippen LogP) is 4.63. The Hall–Kier alpha value is -3.32. The Morgan fingerprint density at radius 1 is 1.09 bits per heavy atom. The summed E-state index contributed by atoms with van der Waals surface area (Å²) in [6.45, 7) is 6.78. The maximum atomic E-state index is 13.4. The van der Waals surface area contributed by atoms with Crippen LogP contribution < -0.4 is 9.80 Å². The van der Waals surface area contributed by atoms with Crippen molar-refractivity contribution in [3.05, 3.63) is 78.0 Å². The molecule has 174 valence electrons. The summed E-state index contributed by atoms with van der Waals surface area (Å²) in [5, 5.41) is 0.704. The SMILES string of the molecule is Cc1cccc(N2CCN(C(=O)CCN3C(=O)c4cccnc4Sc4ccccc43)C[C@@H]2C)c1. The lowest BCUT2D eigenvalue weighted by Gasteiger charge is -2.41. The van der Waals surface area contributed by atoms with Crippen LogP contribution in [0.15, 0.2) is 76.8 Å². The van der Waals surface area contributed by atoms with Gasteiger partial charge in [-0.1, -0.05) is 36.0 Å². The molecule has 5 rings (SSSR count). The second kappa shape index (κ2) is 9.50. The molecule has 0 radical (unpaired) electrons. The van der Waals surface area contributed by atoms with Crippen LogP contribution in [0.4, 0.5) is 11.4 Å².